The third-order valence-corrected chi connectivity index (χ3v) is 3.41. The van der Waals surface area contributed by atoms with Crippen LogP contribution < -0.4 is 5.32 Å². The summed E-state index contributed by atoms with van der Waals surface area (Å²) in [6, 6.07) is 1.93. The molecule has 0 unspecified atom stereocenters. The molecule has 0 radical (unpaired) electrons. The standard InChI is InChI=1S/C10H11Cl3N2O/c11-7-5-8(12)10(15-9(7)13)14-6-1-3-16-4-2-6/h5-6H,1-4H2,(H,14,15). The van der Waals surface area contributed by atoms with Crippen molar-refractivity contribution in [2.45, 2.75) is 18.9 Å². The van der Waals surface area contributed by atoms with Gasteiger partial charge in [0.05, 0.1) is 10.0 Å². The Morgan fingerprint density at radius 2 is 1.88 bits per heavy atom. The molecule has 6 heteroatoms. The zero-order valence-electron chi connectivity index (χ0n) is 8.47. The van der Waals surface area contributed by atoms with Crippen LogP contribution >= 0.6 is 34.8 Å². The van der Waals surface area contributed by atoms with Crippen molar-refractivity contribution in [3.05, 3.63) is 21.3 Å². The Morgan fingerprint density at radius 3 is 2.56 bits per heavy atom. The van der Waals surface area contributed by atoms with Crippen molar-refractivity contribution >= 4 is 40.6 Å². The second-order valence-corrected chi connectivity index (χ2v) is 4.79. The van der Waals surface area contributed by atoms with Crippen LogP contribution in [0.1, 0.15) is 12.8 Å². The Balaban J connectivity index is 2.11. The van der Waals surface area contributed by atoms with E-state index in [0.717, 1.165) is 26.1 Å². The number of hydrogen-bond donors (Lipinski definition) is 1. The Labute approximate surface area is 109 Å². The molecule has 0 aliphatic carbocycles. The van der Waals surface area contributed by atoms with Gasteiger partial charge in [-0.3, -0.25) is 0 Å². The maximum atomic E-state index is 6.02. The molecule has 2 rings (SSSR count). The summed E-state index contributed by atoms with van der Waals surface area (Å²) in [7, 11) is 0. The van der Waals surface area contributed by atoms with Gasteiger partial charge in [0, 0.05) is 19.3 Å². The Hall–Kier alpha value is -0.220. The zero-order chi connectivity index (χ0) is 11.5. The molecule has 0 saturated carbocycles. The molecule has 1 aliphatic rings. The predicted octanol–water partition coefficient (Wildman–Crippen LogP) is 3.63. The third-order valence-electron chi connectivity index (χ3n) is 2.45. The lowest BCUT2D eigenvalue weighted by Crippen LogP contribution is -2.28. The second-order valence-electron chi connectivity index (χ2n) is 3.62. The molecule has 1 aromatic rings. The van der Waals surface area contributed by atoms with Gasteiger partial charge >= 0.3 is 0 Å². The lowest BCUT2D eigenvalue weighted by Gasteiger charge is -2.24. The van der Waals surface area contributed by atoms with Crippen LogP contribution in [0.2, 0.25) is 15.2 Å². The first-order chi connectivity index (χ1) is 7.66. The number of pyridine rings is 1. The molecule has 1 fully saturated rings. The quantitative estimate of drug-likeness (QED) is 0.841. The fourth-order valence-electron chi connectivity index (χ4n) is 1.58. The van der Waals surface area contributed by atoms with Crippen LogP contribution in [0.3, 0.4) is 0 Å². The third kappa shape index (κ3) is 2.92. The van der Waals surface area contributed by atoms with Crippen LogP contribution in [0, 0.1) is 0 Å². The van der Waals surface area contributed by atoms with E-state index < -0.39 is 0 Å². The molecule has 1 N–H and O–H groups in total. The minimum absolute atomic E-state index is 0.264. The summed E-state index contributed by atoms with van der Waals surface area (Å²) < 4.78 is 5.27. The fourth-order valence-corrected chi connectivity index (χ4v) is 2.13. The molecule has 0 bridgehead atoms. The topological polar surface area (TPSA) is 34.1 Å². The molecule has 88 valence electrons. The number of aromatic nitrogens is 1. The van der Waals surface area contributed by atoms with Gasteiger partial charge in [-0.05, 0) is 18.9 Å². The van der Waals surface area contributed by atoms with Crippen molar-refractivity contribution in [2.75, 3.05) is 18.5 Å². The molecule has 16 heavy (non-hydrogen) atoms. The molecular formula is C10H11Cl3N2O. The first kappa shape index (κ1) is 12.2. The smallest absolute Gasteiger partial charge is 0.150 e. The monoisotopic (exact) mass is 280 g/mol. The Kier molecular flexibility index (Phi) is 4.14. The van der Waals surface area contributed by atoms with E-state index in [1.807, 2.05) is 0 Å². The van der Waals surface area contributed by atoms with Gasteiger partial charge in [-0.15, -0.1) is 0 Å². The van der Waals surface area contributed by atoms with Crippen LogP contribution in [0.5, 0.6) is 0 Å². The van der Waals surface area contributed by atoms with Gasteiger partial charge in [0.2, 0.25) is 0 Å². The zero-order valence-corrected chi connectivity index (χ0v) is 10.7. The minimum Gasteiger partial charge on any atom is -0.381 e. The van der Waals surface area contributed by atoms with Gasteiger partial charge in [-0.2, -0.15) is 0 Å². The first-order valence-corrected chi connectivity index (χ1v) is 6.16. The maximum absolute atomic E-state index is 6.02. The fraction of sp³-hybridized carbons (Fsp3) is 0.500. The number of nitrogens with one attached hydrogen (secondary N) is 1. The van der Waals surface area contributed by atoms with Crippen LogP contribution in [-0.4, -0.2) is 24.2 Å². The van der Waals surface area contributed by atoms with Gasteiger partial charge in [-0.1, -0.05) is 34.8 Å². The number of anilines is 1. The molecule has 0 spiro atoms. The highest BCUT2D eigenvalue weighted by atomic mass is 35.5. The lowest BCUT2D eigenvalue weighted by atomic mass is 10.1. The van der Waals surface area contributed by atoms with E-state index in [0.29, 0.717) is 21.9 Å². The SMILES string of the molecule is Clc1cc(Cl)c(NC2CCOCC2)nc1Cl. The largest absolute Gasteiger partial charge is 0.381 e. The number of ether oxygens (including phenoxy) is 1. The van der Waals surface area contributed by atoms with E-state index >= 15 is 0 Å². The minimum atomic E-state index is 0.264. The van der Waals surface area contributed by atoms with Gasteiger partial charge in [0.25, 0.3) is 0 Å². The molecular weight excluding hydrogens is 270 g/mol. The highest BCUT2D eigenvalue weighted by molar-refractivity contribution is 6.42. The summed E-state index contributed by atoms with van der Waals surface area (Å²) >= 11 is 17.7. The molecule has 0 amide bonds. The normalized spacial score (nSPS) is 17.4. The first-order valence-electron chi connectivity index (χ1n) is 5.02. The van der Waals surface area contributed by atoms with Gasteiger partial charge in [0.15, 0.2) is 0 Å². The van der Waals surface area contributed by atoms with E-state index in [-0.39, 0.29) is 5.15 Å². The summed E-state index contributed by atoms with van der Waals surface area (Å²) in [5.41, 5.74) is 0. The molecule has 3 nitrogen and oxygen atoms in total. The average molecular weight is 282 g/mol. The van der Waals surface area contributed by atoms with Crippen molar-refractivity contribution < 1.29 is 4.74 Å². The molecule has 1 aliphatic heterocycles. The maximum Gasteiger partial charge on any atom is 0.150 e. The van der Waals surface area contributed by atoms with Crippen molar-refractivity contribution in [2.24, 2.45) is 0 Å². The van der Waals surface area contributed by atoms with Crippen LogP contribution in [0.15, 0.2) is 6.07 Å². The molecule has 1 aromatic heterocycles. The highest BCUT2D eigenvalue weighted by Crippen LogP contribution is 2.29. The molecule has 0 atom stereocenters. The number of rotatable bonds is 2. The van der Waals surface area contributed by atoms with Crippen molar-refractivity contribution in [3.63, 3.8) is 0 Å². The average Bonchev–Trinajstić information content (AvgIpc) is 2.27. The van der Waals surface area contributed by atoms with Gasteiger partial charge in [-0.25, -0.2) is 4.98 Å². The summed E-state index contributed by atoms with van der Waals surface area (Å²) in [5.74, 6) is 0.586. The van der Waals surface area contributed by atoms with Crippen LogP contribution in [0.4, 0.5) is 5.82 Å². The van der Waals surface area contributed by atoms with E-state index in [9.17, 15) is 0 Å². The van der Waals surface area contributed by atoms with Crippen LogP contribution in [-0.2, 0) is 4.74 Å². The van der Waals surface area contributed by atoms with E-state index in [2.05, 4.69) is 10.3 Å². The Morgan fingerprint density at radius 1 is 1.19 bits per heavy atom. The van der Waals surface area contributed by atoms with Crippen LogP contribution in [0.25, 0.3) is 0 Å². The number of hydrogen-bond acceptors (Lipinski definition) is 3. The van der Waals surface area contributed by atoms with Crippen molar-refractivity contribution in [1.82, 2.24) is 4.98 Å². The van der Waals surface area contributed by atoms with E-state index in [1.165, 1.54) is 0 Å². The predicted molar refractivity (Wildman–Crippen MR) is 66.7 cm³/mol. The highest BCUT2D eigenvalue weighted by Gasteiger charge is 2.16. The van der Waals surface area contributed by atoms with Crippen molar-refractivity contribution in [3.8, 4) is 0 Å². The second kappa shape index (κ2) is 5.41. The van der Waals surface area contributed by atoms with E-state index in [4.69, 9.17) is 39.5 Å². The van der Waals surface area contributed by atoms with Gasteiger partial charge < -0.3 is 10.1 Å². The lowest BCUT2D eigenvalue weighted by molar-refractivity contribution is 0.0904. The molecule has 1 saturated heterocycles. The Bertz CT molecular complexity index is 381. The summed E-state index contributed by atoms with van der Waals surface area (Å²) in [6.45, 7) is 1.52. The number of halogens is 3. The van der Waals surface area contributed by atoms with Crippen molar-refractivity contribution in [1.29, 1.82) is 0 Å². The summed E-state index contributed by atoms with van der Waals surface area (Å²) in [6.07, 6.45) is 1.89. The van der Waals surface area contributed by atoms with E-state index in [1.54, 1.807) is 6.07 Å². The summed E-state index contributed by atoms with van der Waals surface area (Å²) in [4.78, 5) is 4.12. The van der Waals surface area contributed by atoms with Gasteiger partial charge in [0.1, 0.15) is 11.0 Å². The number of nitrogens with zero attached hydrogens (tertiary/aromatic N) is 1. The molecule has 2 heterocycles. The molecule has 0 aromatic carbocycles. The summed E-state index contributed by atoms with van der Waals surface area (Å²) in [5, 5.41) is 4.37.